The Bertz CT molecular complexity index is 1690. The van der Waals surface area contributed by atoms with Crippen molar-refractivity contribution in [2.24, 2.45) is 7.05 Å². The van der Waals surface area contributed by atoms with Crippen molar-refractivity contribution in [3.63, 3.8) is 0 Å². The summed E-state index contributed by atoms with van der Waals surface area (Å²) in [4.78, 5) is 25.1. The molecule has 4 heterocycles. The van der Waals surface area contributed by atoms with Gasteiger partial charge >= 0.3 is 6.01 Å². The fourth-order valence-corrected chi connectivity index (χ4v) is 5.34. The highest BCUT2D eigenvalue weighted by molar-refractivity contribution is 6.14. The van der Waals surface area contributed by atoms with E-state index in [0.29, 0.717) is 34.2 Å². The van der Waals surface area contributed by atoms with Crippen molar-refractivity contribution in [2.45, 2.75) is 39.0 Å². The molecule has 1 fully saturated rings. The standard InChI is InChI=1S/C29H30FN7O3/c1-16-12-37(13-17(2)32-16)25-6-5-22(28(38)33-21-9-20-14-36(4)35-26(20)24(30)10-21)27-23(25)11-31-29(34-27)40-18(3)19-7-8-39-15-19/h5-11,14-18,32H,12-13H2,1-4H3,(H,33,38)/t16-,17-,18-/m0/s1. The van der Waals surface area contributed by atoms with E-state index in [-0.39, 0.29) is 17.6 Å². The summed E-state index contributed by atoms with van der Waals surface area (Å²) in [6.45, 7) is 7.75. The fourth-order valence-electron chi connectivity index (χ4n) is 5.34. The van der Waals surface area contributed by atoms with Crippen molar-refractivity contribution < 1.29 is 18.3 Å². The van der Waals surface area contributed by atoms with E-state index < -0.39 is 11.7 Å². The van der Waals surface area contributed by atoms with Gasteiger partial charge in [0.15, 0.2) is 5.82 Å². The fraction of sp³-hybridized carbons (Fsp3) is 0.310. The summed E-state index contributed by atoms with van der Waals surface area (Å²) < 4.78 is 27.4. The van der Waals surface area contributed by atoms with Gasteiger partial charge in [-0.05, 0) is 51.1 Å². The summed E-state index contributed by atoms with van der Waals surface area (Å²) >= 11 is 0. The van der Waals surface area contributed by atoms with Gasteiger partial charge in [-0.15, -0.1) is 0 Å². The lowest BCUT2D eigenvalue weighted by Gasteiger charge is -2.38. The van der Waals surface area contributed by atoms with Crippen LogP contribution < -0.4 is 20.3 Å². The Kier molecular flexibility index (Phi) is 6.59. The summed E-state index contributed by atoms with van der Waals surface area (Å²) in [5.74, 6) is -0.935. The van der Waals surface area contributed by atoms with Crippen LogP contribution in [0.15, 0.2) is 59.7 Å². The molecule has 0 aliphatic carbocycles. The number of aromatic nitrogens is 4. The number of fused-ring (bicyclic) bond motifs is 2. The van der Waals surface area contributed by atoms with Crippen LogP contribution in [0.25, 0.3) is 21.8 Å². The number of anilines is 2. The maximum absolute atomic E-state index is 14.7. The van der Waals surface area contributed by atoms with Crippen molar-refractivity contribution in [1.29, 1.82) is 0 Å². The zero-order valence-electron chi connectivity index (χ0n) is 22.7. The zero-order valence-corrected chi connectivity index (χ0v) is 22.7. The lowest BCUT2D eigenvalue weighted by atomic mass is 10.0. The predicted molar refractivity (Wildman–Crippen MR) is 150 cm³/mol. The van der Waals surface area contributed by atoms with Gasteiger partial charge in [-0.3, -0.25) is 9.48 Å². The Balaban J connectivity index is 1.39. The van der Waals surface area contributed by atoms with Crippen LogP contribution in [-0.4, -0.2) is 50.8 Å². The van der Waals surface area contributed by atoms with Crippen molar-refractivity contribution >= 4 is 39.1 Å². The van der Waals surface area contributed by atoms with Gasteiger partial charge in [0.2, 0.25) is 0 Å². The Hall–Kier alpha value is -4.51. The Morgan fingerprint density at radius 2 is 2.00 bits per heavy atom. The van der Waals surface area contributed by atoms with Gasteiger partial charge in [0.1, 0.15) is 11.6 Å². The third-order valence-electron chi connectivity index (χ3n) is 7.08. The first-order valence-corrected chi connectivity index (χ1v) is 13.2. The summed E-state index contributed by atoms with van der Waals surface area (Å²) in [6.07, 6.45) is 6.22. The van der Waals surface area contributed by atoms with Crippen LogP contribution in [0.2, 0.25) is 0 Å². The Morgan fingerprint density at radius 1 is 1.20 bits per heavy atom. The Morgan fingerprint density at radius 3 is 2.75 bits per heavy atom. The van der Waals surface area contributed by atoms with Gasteiger partial charge in [0.05, 0.1) is 23.6 Å². The topological polar surface area (TPSA) is 110 Å². The van der Waals surface area contributed by atoms with Gasteiger partial charge in [-0.2, -0.15) is 10.1 Å². The van der Waals surface area contributed by atoms with Gasteiger partial charge in [0, 0.05) is 72.3 Å². The highest BCUT2D eigenvalue weighted by Crippen LogP contribution is 2.32. The number of hydrogen-bond donors (Lipinski definition) is 2. The number of carbonyl (C=O) groups excluding carboxylic acids is 1. The number of aryl methyl sites for hydroxylation is 1. The van der Waals surface area contributed by atoms with Gasteiger partial charge in [0.25, 0.3) is 5.91 Å². The molecule has 5 aromatic rings. The zero-order chi connectivity index (χ0) is 28.0. The molecule has 1 amide bonds. The van der Waals surface area contributed by atoms with Crippen LogP contribution in [0, 0.1) is 5.82 Å². The van der Waals surface area contributed by atoms with Crippen molar-refractivity contribution in [3.8, 4) is 6.01 Å². The minimum Gasteiger partial charge on any atom is -0.472 e. The monoisotopic (exact) mass is 543 g/mol. The van der Waals surface area contributed by atoms with Gasteiger partial charge in [-0.25, -0.2) is 9.37 Å². The van der Waals surface area contributed by atoms with E-state index in [4.69, 9.17) is 14.1 Å². The van der Waals surface area contributed by atoms with E-state index in [0.717, 1.165) is 29.7 Å². The van der Waals surface area contributed by atoms with E-state index in [1.807, 2.05) is 19.1 Å². The highest BCUT2D eigenvalue weighted by atomic mass is 19.1. The normalized spacial score (nSPS) is 18.3. The third-order valence-corrected chi connectivity index (χ3v) is 7.08. The molecular weight excluding hydrogens is 513 g/mol. The molecule has 0 radical (unpaired) electrons. The number of ether oxygens (including phenoxy) is 1. The highest BCUT2D eigenvalue weighted by Gasteiger charge is 2.25. The van der Waals surface area contributed by atoms with Crippen LogP contribution in [0.1, 0.15) is 42.8 Å². The molecular formula is C29H30FN7O3. The van der Waals surface area contributed by atoms with Crippen LogP contribution in [-0.2, 0) is 7.05 Å². The molecule has 2 aromatic carbocycles. The number of piperazine rings is 1. The molecule has 3 atom stereocenters. The first-order chi connectivity index (χ1) is 19.2. The maximum Gasteiger partial charge on any atom is 0.317 e. The second kappa shape index (κ2) is 10.2. The first kappa shape index (κ1) is 25.8. The van der Waals surface area contributed by atoms with Crippen LogP contribution >= 0.6 is 0 Å². The SMILES string of the molecule is C[C@H](Oc1ncc2c(N3C[C@H](C)N[C@@H](C)C3)ccc(C(=O)Nc3cc(F)c4nn(C)cc4c3)c2n1)c1ccoc1. The third kappa shape index (κ3) is 4.95. The lowest BCUT2D eigenvalue weighted by molar-refractivity contribution is 0.102. The lowest BCUT2D eigenvalue weighted by Crippen LogP contribution is -2.54. The van der Waals surface area contributed by atoms with E-state index >= 15 is 0 Å². The van der Waals surface area contributed by atoms with E-state index in [1.165, 1.54) is 10.7 Å². The molecule has 1 saturated heterocycles. The molecule has 40 heavy (non-hydrogen) atoms. The molecule has 0 saturated carbocycles. The number of carbonyl (C=O) groups is 1. The van der Waals surface area contributed by atoms with Crippen LogP contribution in [0.3, 0.4) is 0 Å². The summed E-state index contributed by atoms with van der Waals surface area (Å²) in [5.41, 5.74) is 3.11. The summed E-state index contributed by atoms with van der Waals surface area (Å²) in [7, 11) is 1.72. The average Bonchev–Trinajstić information content (AvgIpc) is 3.57. The van der Waals surface area contributed by atoms with Crippen LogP contribution in [0.5, 0.6) is 6.01 Å². The van der Waals surface area contributed by atoms with Crippen molar-refractivity contribution in [1.82, 2.24) is 25.1 Å². The minimum absolute atomic E-state index is 0.136. The molecule has 1 aliphatic heterocycles. The molecule has 0 bridgehead atoms. The molecule has 0 spiro atoms. The Labute approximate surface area is 230 Å². The van der Waals surface area contributed by atoms with Gasteiger partial charge < -0.3 is 24.7 Å². The number of amides is 1. The van der Waals surface area contributed by atoms with Crippen molar-refractivity contribution in [3.05, 3.63) is 72.2 Å². The molecule has 1 aliphatic rings. The van der Waals surface area contributed by atoms with Crippen LogP contribution in [0.4, 0.5) is 15.8 Å². The number of furan rings is 1. The van der Waals surface area contributed by atoms with E-state index in [9.17, 15) is 9.18 Å². The molecule has 206 valence electrons. The molecule has 3 aromatic heterocycles. The minimum atomic E-state index is -0.512. The quantitative estimate of drug-likeness (QED) is 0.314. The second-order valence-electron chi connectivity index (χ2n) is 10.4. The molecule has 0 unspecified atom stereocenters. The second-order valence-corrected chi connectivity index (χ2v) is 10.4. The average molecular weight is 544 g/mol. The number of hydrogen-bond acceptors (Lipinski definition) is 8. The molecule has 6 rings (SSSR count). The summed E-state index contributed by atoms with van der Waals surface area (Å²) in [6, 6.07) is 9.16. The first-order valence-electron chi connectivity index (χ1n) is 13.2. The molecule has 10 nitrogen and oxygen atoms in total. The number of halogens is 1. The largest absolute Gasteiger partial charge is 0.472 e. The van der Waals surface area contributed by atoms with Gasteiger partial charge in [-0.1, -0.05) is 0 Å². The van der Waals surface area contributed by atoms with E-state index in [2.05, 4.69) is 39.5 Å². The maximum atomic E-state index is 14.7. The van der Waals surface area contributed by atoms with E-state index in [1.54, 1.807) is 44.1 Å². The number of benzene rings is 2. The number of nitrogens with zero attached hydrogens (tertiary/aromatic N) is 5. The smallest absolute Gasteiger partial charge is 0.317 e. The number of nitrogens with one attached hydrogen (secondary N) is 2. The predicted octanol–water partition coefficient (Wildman–Crippen LogP) is 4.83. The molecule has 2 N–H and O–H groups in total. The molecule has 11 heteroatoms. The van der Waals surface area contributed by atoms with Crippen molar-refractivity contribution in [2.75, 3.05) is 23.3 Å². The summed E-state index contributed by atoms with van der Waals surface area (Å²) in [5, 5.41) is 11.8. The number of rotatable bonds is 6.